The Labute approximate surface area is 226 Å². The van der Waals surface area contributed by atoms with E-state index >= 15 is 0 Å². The van der Waals surface area contributed by atoms with Crippen LogP contribution in [-0.2, 0) is 31.1 Å². The number of esters is 1. The summed E-state index contributed by atoms with van der Waals surface area (Å²) in [6.07, 6.45) is 1.48. The molecule has 0 bridgehead atoms. The molecule has 3 aromatic rings. The average Bonchev–Trinajstić information content (AvgIpc) is 3.47. The predicted octanol–water partition coefficient (Wildman–Crippen LogP) is 2.63. The molecule has 1 fully saturated rings. The van der Waals surface area contributed by atoms with Crippen molar-refractivity contribution in [1.82, 2.24) is 19.8 Å². The third kappa shape index (κ3) is 5.67. The van der Waals surface area contributed by atoms with Crippen LogP contribution in [0.2, 0.25) is 0 Å². The molecule has 4 rings (SSSR count). The van der Waals surface area contributed by atoms with E-state index in [2.05, 4.69) is 16.0 Å². The van der Waals surface area contributed by atoms with E-state index in [1.54, 1.807) is 55.1 Å². The van der Waals surface area contributed by atoms with E-state index in [1.165, 1.54) is 11.9 Å². The van der Waals surface area contributed by atoms with E-state index in [-0.39, 0.29) is 30.2 Å². The Morgan fingerprint density at radius 2 is 1.92 bits per heavy atom. The lowest BCUT2D eigenvalue weighted by Gasteiger charge is -2.40. The van der Waals surface area contributed by atoms with Crippen LogP contribution in [0.25, 0.3) is 11.0 Å². The summed E-state index contributed by atoms with van der Waals surface area (Å²) in [5.41, 5.74) is 1.16. The number of H-pyrrole nitrogens is 1. The number of carbonyl (C=O) groups is 3. The molecule has 39 heavy (non-hydrogen) atoms. The lowest BCUT2D eigenvalue weighted by molar-refractivity contribution is -0.156. The van der Waals surface area contributed by atoms with E-state index < -0.39 is 23.8 Å². The van der Waals surface area contributed by atoms with Gasteiger partial charge in [-0.1, -0.05) is 18.2 Å². The van der Waals surface area contributed by atoms with Crippen molar-refractivity contribution < 1.29 is 19.1 Å². The number of rotatable bonds is 8. The van der Waals surface area contributed by atoms with Crippen molar-refractivity contribution in [1.29, 1.82) is 5.26 Å². The molecule has 10 heteroatoms. The predicted molar refractivity (Wildman–Crippen MR) is 144 cm³/mol. The van der Waals surface area contributed by atoms with Crippen LogP contribution in [0.15, 0.2) is 47.3 Å². The van der Waals surface area contributed by atoms with Gasteiger partial charge in [0.1, 0.15) is 17.7 Å². The fourth-order valence-corrected chi connectivity index (χ4v) is 4.88. The Balaban J connectivity index is 1.76. The van der Waals surface area contributed by atoms with Crippen molar-refractivity contribution in [2.24, 2.45) is 0 Å². The standard InChI is InChI=1S/C29H31N5O5/c1-4-39-26(36)17-25(35)33(3)29(2,28(38)34-12-5-6-13-34)21-10-11-22-23(16-21)31-24(27(37)32-22)15-19-8-7-9-20(14-19)18-30/h7-11,14,16H,4-6,12-13,15,17H2,1-3H3,(H,32,37). The maximum absolute atomic E-state index is 13.9. The summed E-state index contributed by atoms with van der Waals surface area (Å²) in [6, 6.07) is 14.1. The first-order chi connectivity index (χ1) is 18.7. The van der Waals surface area contributed by atoms with Gasteiger partial charge in [0.15, 0.2) is 0 Å². The number of nitrogens with zero attached hydrogens (tertiary/aromatic N) is 4. The first-order valence-corrected chi connectivity index (χ1v) is 12.9. The van der Waals surface area contributed by atoms with Crippen molar-refractivity contribution in [2.75, 3.05) is 26.7 Å². The van der Waals surface area contributed by atoms with Crippen molar-refractivity contribution in [3.8, 4) is 6.07 Å². The fourth-order valence-electron chi connectivity index (χ4n) is 4.88. The molecule has 1 atom stereocenters. The molecule has 10 nitrogen and oxygen atoms in total. The van der Waals surface area contributed by atoms with E-state index in [9.17, 15) is 24.4 Å². The largest absolute Gasteiger partial charge is 0.466 e. The molecule has 2 heterocycles. The molecule has 0 spiro atoms. The summed E-state index contributed by atoms with van der Waals surface area (Å²) in [5.74, 6) is -1.46. The van der Waals surface area contributed by atoms with Crippen molar-refractivity contribution in [2.45, 2.75) is 45.1 Å². The summed E-state index contributed by atoms with van der Waals surface area (Å²) in [5, 5.41) is 9.19. The van der Waals surface area contributed by atoms with Crippen LogP contribution in [0.1, 0.15) is 55.5 Å². The lowest BCUT2D eigenvalue weighted by atomic mass is 9.87. The summed E-state index contributed by atoms with van der Waals surface area (Å²) in [4.78, 5) is 62.3. The number of fused-ring (bicyclic) bond motifs is 1. The number of aromatic nitrogens is 2. The van der Waals surface area contributed by atoms with Gasteiger partial charge in [0.2, 0.25) is 5.91 Å². The molecule has 1 aromatic heterocycles. The summed E-state index contributed by atoms with van der Waals surface area (Å²) in [7, 11) is 1.51. The van der Waals surface area contributed by atoms with Crippen LogP contribution in [0.3, 0.4) is 0 Å². The number of hydrogen-bond acceptors (Lipinski definition) is 7. The molecule has 0 saturated carbocycles. The van der Waals surface area contributed by atoms with E-state index in [0.29, 0.717) is 35.2 Å². The second-order valence-corrected chi connectivity index (χ2v) is 9.74. The average molecular weight is 530 g/mol. The molecule has 202 valence electrons. The smallest absolute Gasteiger partial charge is 0.315 e. The number of hydrogen-bond donors (Lipinski definition) is 1. The molecule has 1 N–H and O–H groups in total. The second kappa shape index (κ2) is 11.5. The van der Waals surface area contributed by atoms with Gasteiger partial charge in [-0.2, -0.15) is 5.26 Å². The fraction of sp³-hybridized carbons (Fsp3) is 0.379. The highest BCUT2D eigenvalue weighted by atomic mass is 16.5. The molecule has 2 amide bonds. The van der Waals surface area contributed by atoms with Gasteiger partial charge in [-0.15, -0.1) is 0 Å². The van der Waals surface area contributed by atoms with Crippen LogP contribution in [0.5, 0.6) is 0 Å². The zero-order valence-electron chi connectivity index (χ0n) is 22.3. The number of benzene rings is 2. The number of nitriles is 1. The van der Waals surface area contributed by atoms with Gasteiger partial charge in [0, 0.05) is 26.6 Å². The molecule has 1 aliphatic heterocycles. The van der Waals surface area contributed by atoms with Crippen LogP contribution in [0, 0.1) is 11.3 Å². The Bertz CT molecular complexity index is 1520. The van der Waals surface area contributed by atoms with Gasteiger partial charge in [-0.05, 0) is 62.1 Å². The number of ether oxygens (including phenoxy) is 1. The van der Waals surface area contributed by atoms with Gasteiger partial charge < -0.3 is 19.5 Å². The van der Waals surface area contributed by atoms with Crippen molar-refractivity contribution >= 4 is 28.8 Å². The number of nitrogens with one attached hydrogen (secondary N) is 1. The highest BCUT2D eigenvalue weighted by molar-refractivity contribution is 5.98. The summed E-state index contributed by atoms with van der Waals surface area (Å²) in [6.45, 7) is 4.64. The number of likely N-dealkylation sites (tertiary alicyclic amines) is 1. The van der Waals surface area contributed by atoms with Crippen LogP contribution >= 0.6 is 0 Å². The second-order valence-electron chi connectivity index (χ2n) is 9.74. The van der Waals surface area contributed by atoms with Gasteiger partial charge in [0.25, 0.3) is 11.5 Å². The van der Waals surface area contributed by atoms with Crippen LogP contribution < -0.4 is 5.56 Å². The molecule has 0 aliphatic carbocycles. The Morgan fingerprint density at radius 1 is 1.18 bits per heavy atom. The minimum absolute atomic E-state index is 0.150. The molecular weight excluding hydrogens is 498 g/mol. The third-order valence-electron chi connectivity index (χ3n) is 7.21. The number of amides is 2. The van der Waals surface area contributed by atoms with E-state index in [4.69, 9.17) is 4.74 Å². The van der Waals surface area contributed by atoms with Crippen LogP contribution in [0.4, 0.5) is 0 Å². The lowest BCUT2D eigenvalue weighted by Crippen LogP contribution is -2.56. The molecule has 0 radical (unpaired) electrons. The number of likely N-dealkylation sites (N-methyl/N-ethyl adjacent to an activating group) is 1. The van der Waals surface area contributed by atoms with Gasteiger partial charge in [0.05, 0.1) is 29.3 Å². The van der Waals surface area contributed by atoms with E-state index in [1.807, 2.05) is 6.07 Å². The first kappa shape index (κ1) is 27.5. The molecule has 2 aromatic carbocycles. The quantitative estimate of drug-likeness (QED) is 0.350. The normalized spacial score (nSPS) is 14.5. The summed E-state index contributed by atoms with van der Waals surface area (Å²) >= 11 is 0. The zero-order chi connectivity index (χ0) is 28.2. The maximum atomic E-state index is 13.9. The minimum atomic E-state index is -1.43. The zero-order valence-corrected chi connectivity index (χ0v) is 22.3. The SMILES string of the molecule is CCOC(=O)CC(=O)N(C)C(C)(C(=O)N1CCCC1)c1ccc2[nH]c(=O)c(Cc3cccc(C#N)c3)nc2c1. The minimum Gasteiger partial charge on any atom is -0.466 e. The molecule has 1 aliphatic rings. The molecule has 1 saturated heterocycles. The first-order valence-electron chi connectivity index (χ1n) is 12.9. The Hall–Kier alpha value is -4.52. The highest BCUT2D eigenvalue weighted by Crippen LogP contribution is 2.33. The number of carbonyl (C=O) groups excluding carboxylic acids is 3. The van der Waals surface area contributed by atoms with Gasteiger partial charge in [-0.25, -0.2) is 4.98 Å². The van der Waals surface area contributed by atoms with Gasteiger partial charge in [-0.3, -0.25) is 19.2 Å². The third-order valence-corrected chi connectivity index (χ3v) is 7.21. The monoisotopic (exact) mass is 529 g/mol. The maximum Gasteiger partial charge on any atom is 0.315 e. The topological polar surface area (TPSA) is 136 Å². The van der Waals surface area contributed by atoms with E-state index in [0.717, 1.165) is 18.4 Å². The molecular formula is C29H31N5O5. The summed E-state index contributed by atoms with van der Waals surface area (Å²) < 4.78 is 4.94. The van der Waals surface area contributed by atoms with Crippen molar-refractivity contribution in [3.05, 3.63) is 75.2 Å². The Kier molecular flexibility index (Phi) is 8.10. The molecule has 1 unspecified atom stereocenters. The Morgan fingerprint density at radius 3 is 2.62 bits per heavy atom. The highest BCUT2D eigenvalue weighted by Gasteiger charge is 2.45. The number of aromatic amines is 1. The van der Waals surface area contributed by atoms with Crippen molar-refractivity contribution in [3.63, 3.8) is 0 Å². The van der Waals surface area contributed by atoms with Crippen LogP contribution in [-0.4, -0.2) is 64.3 Å². The van der Waals surface area contributed by atoms with Gasteiger partial charge >= 0.3 is 5.97 Å².